The van der Waals surface area contributed by atoms with Crippen molar-refractivity contribution in [2.24, 2.45) is 4.99 Å². The molecule has 2 fully saturated rings. The first kappa shape index (κ1) is 20.8. The van der Waals surface area contributed by atoms with Crippen molar-refractivity contribution in [1.29, 1.82) is 0 Å². The molecule has 2 saturated heterocycles. The molecule has 0 aromatic rings. The fourth-order valence-electron chi connectivity index (χ4n) is 3.35. The Bertz CT molecular complexity index is 391. The monoisotopic (exact) mass is 372 g/mol. The number of thioether (sulfide) groups is 1. The highest BCUT2D eigenvalue weighted by Gasteiger charge is 2.32. The summed E-state index contributed by atoms with van der Waals surface area (Å²) >= 11 is 2.04. The highest BCUT2D eigenvalue weighted by Crippen LogP contribution is 2.35. The number of nitrogens with zero attached hydrogens (tertiary/aromatic N) is 2. The highest BCUT2D eigenvalue weighted by molar-refractivity contribution is 8.00. The highest BCUT2D eigenvalue weighted by atomic mass is 32.2. The standard InChI is InChI=1S/C18H36N4O2S/c1-4-19-17(20-14-16(3)22-8-12-24-13-9-22)21-15-18(25-5-2)6-10-23-11-7-18/h16H,4-15H2,1-3H3,(H2,19,20,21). The number of guanidine groups is 1. The van der Waals surface area contributed by atoms with Crippen LogP contribution in [0.15, 0.2) is 4.99 Å². The number of hydrogen-bond donors (Lipinski definition) is 2. The third-order valence-electron chi connectivity index (χ3n) is 4.96. The van der Waals surface area contributed by atoms with Crippen LogP contribution in [0.2, 0.25) is 0 Å². The van der Waals surface area contributed by atoms with Gasteiger partial charge in [0.25, 0.3) is 0 Å². The van der Waals surface area contributed by atoms with Gasteiger partial charge in [-0.15, -0.1) is 0 Å². The van der Waals surface area contributed by atoms with Gasteiger partial charge in [-0.3, -0.25) is 9.89 Å². The van der Waals surface area contributed by atoms with Gasteiger partial charge in [0.15, 0.2) is 5.96 Å². The van der Waals surface area contributed by atoms with Gasteiger partial charge in [-0.25, -0.2) is 0 Å². The molecule has 0 spiro atoms. The Morgan fingerprint density at radius 1 is 1.12 bits per heavy atom. The summed E-state index contributed by atoms with van der Waals surface area (Å²) in [6.07, 6.45) is 2.19. The number of rotatable bonds is 8. The Labute approximate surface area is 157 Å². The molecule has 2 heterocycles. The quantitative estimate of drug-likeness (QED) is 0.498. The van der Waals surface area contributed by atoms with Gasteiger partial charge in [0.1, 0.15) is 0 Å². The van der Waals surface area contributed by atoms with Crippen LogP contribution in [0, 0.1) is 0 Å². The molecule has 1 unspecified atom stereocenters. The molecular weight excluding hydrogens is 336 g/mol. The first-order chi connectivity index (χ1) is 12.2. The van der Waals surface area contributed by atoms with E-state index >= 15 is 0 Å². The van der Waals surface area contributed by atoms with Crippen molar-refractivity contribution in [3.8, 4) is 0 Å². The minimum Gasteiger partial charge on any atom is -0.381 e. The molecule has 0 aliphatic carbocycles. The molecule has 0 radical (unpaired) electrons. The molecule has 2 aliphatic heterocycles. The normalized spacial score (nSPS) is 23.2. The molecule has 1 atom stereocenters. The van der Waals surface area contributed by atoms with Gasteiger partial charge in [-0.05, 0) is 32.4 Å². The Balaban J connectivity index is 1.87. The average molecular weight is 373 g/mol. The maximum absolute atomic E-state index is 5.56. The summed E-state index contributed by atoms with van der Waals surface area (Å²) in [5, 5.41) is 6.93. The maximum Gasteiger partial charge on any atom is 0.191 e. The number of aliphatic imine (C=N–C) groups is 1. The van der Waals surface area contributed by atoms with Gasteiger partial charge >= 0.3 is 0 Å². The van der Waals surface area contributed by atoms with E-state index in [0.29, 0.717) is 6.04 Å². The van der Waals surface area contributed by atoms with Crippen molar-refractivity contribution < 1.29 is 9.47 Å². The number of ether oxygens (including phenoxy) is 2. The summed E-state index contributed by atoms with van der Waals surface area (Å²) in [5.41, 5.74) is 0. The fourth-order valence-corrected chi connectivity index (χ4v) is 4.58. The Morgan fingerprint density at radius 3 is 2.44 bits per heavy atom. The summed E-state index contributed by atoms with van der Waals surface area (Å²) < 4.78 is 11.2. The molecule has 2 aliphatic rings. The molecule has 0 aromatic heterocycles. The van der Waals surface area contributed by atoms with Gasteiger partial charge in [0, 0.05) is 50.2 Å². The van der Waals surface area contributed by atoms with Crippen molar-refractivity contribution in [3.63, 3.8) is 0 Å². The predicted octanol–water partition coefficient (Wildman–Crippen LogP) is 1.56. The predicted molar refractivity (Wildman–Crippen MR) is 107 cm³/mol. The zero-order valence-electron chi connectivity index (χ0n) is 16.2. The van der Waals surface area contributed by atoms with Gasteiger partial charge in [-0.1, -0.05) is 6.92 Å². The van der Waals surface area contributed by atoms with E-state index in [9.17, 15) is 0 Å². The van der Waals surface area contributed by atoms with E-state index in [-0.39, 0.29) is 4.75 Å². The summed E-state index contributed by atoms with van der Waals surface area (Å²) in [5.74, 6) is 2.07. The summed E-state index contributed by atoms with van der Waals surface area (Å²) in [6.45, 7) is 14.7. The van der Waals surface area contributed by atoms with Crippen LogP contribution in [0.4, 0.5) is 0 Å². The zero-order chi connectivity index (χ0) is 18.0. The van der Waals surface area contributed by atoms with Crippen molar-refractivity contribution >= 4 is 17.7 Å². The van der Waals surface area contributed by atoms with Gasteiger partial charge in [0.05, 0.1) is 19.8 Å². The summed E-state index contributed by atoms with van der Waals surface area (Å²) in [4.78, 5) is 7.40. The van der Waals surface area contributed by atoms with Crippen LogP contribution in [0.3, 0.4) is 0 Å². The largest absolute Gasteiger partial charge is 0.381 e. The SMILES string of the molecule is CCNC(=NCC1(SCC)CCOCC1)NCC(C)N1CCOCC1. The first-order valence-corrected chi connectivity index (χ1v) is 10.7. The minimum absolute atomic E-state index is 0.241. The lowest BCUT2D eigenvalue weighted by atomic mass is 9.99. The van der Waals surface area contributed by atoms with Gasteiger partial charge in [0.2, 0.25) is 0 Å². The lowest BCUT2D eigenvalue weighted by molar-refractivity contribution is 0.0211. The molecule has 25 heavy (non-hydrogen) atoms. The molecule has 0 amide bonds. The van der Waals surface area contributed by atoms with Gasteiger partial charge in [-0.2, -0.15) is 11.8 Å². The van der Waals surface area contributed by atoms with Crippen LogP contribution < -0.4 is 10.6 Å². The minimum atomic E-state index is 0.241. The average Bonchev–Trinajstić information content (AvgIpc) is 2.65. The van der Waals surface area contributed by atoms with Crippen molar-refractivity contribution in [2.45, 2.75) is 44.4 Å². The third kappa shape index (κ3) is 6.96. The number of morpholine rings is 1. The second kappa shape index (κ2) is 11.3. The summed E-state index contributed by atoms with van der Waals surface area (Å²) in [6, 6.07) is 0.481. The van der Waals surface area contributed by atoms with E-state index in [0.717, 1.165) is 83.7 Å². The fraction of sp³-hybridized carbons (Fsp3) is 0.944. The number of nitrogens with one attached hydrogen (secondary N) is 2. The van der Waals surface area contributed by atoms with E-state index in [1.807, 2.05) is 11.8 Å². The molecule has 146 valence electrons. The Morgan fingerprint density at radius 2 is 1.80 bits per heavy atom. The van der Waals surface area contributed by atoms with Crippen LogP contribution in [-0.4, -0.2) is 86.6 Å². The topological polar surface area (TPSA) is 58.1 Å². The molecular formula is C18H36N4O2S. The van der Waals surface area contributed by atoms with Crippen LogP contribution >= 0.6 is 11.8 Å². The molecule has 0 saturated carbocycles. The van der Waals surface area contributed by atoms with E-state index in [1.54, 1.807) is 0 Å². The van der Waals surface area contributed by atoms with E-state index in [1.165, 1.54) is 0 Å². The van der Waals surface area contributed by atoms with Crippen molar-refractivity contribution in [3.05, 3.63) is 0 Å². The van der Waals surface area contributed by atoms with Crippen LogP contribution in [0.5, 0.6) is 0 Å². The van der Waals surface area contributed by atoms with Crippen molar-refractivity contribution in [1.82, 2.24) is 15.5 Å². The molecule has 2 N–H and O–H groups in total. The Hall–Kier alpha value is -0.500. The van der Waals surface area contributed by atoms with Crippen molar-refractivity contribution in [2.75, 3.05) is 64.9 Å². The Kier molecular flexibility index (Phi) is 9.37. The second-order valence-electron chi connectivity index (χ2n) is 6.80. The van der Waals surface area contributed by atoms with E-state index in [2.05, 4.69) is 36.3 Å². The smallest absolute Gasteiger partial charge is 0.191 e. The molecule has 7 heteroatoms. The van der Waals surface area contributed by atoms with Crippen LogP contribution in [-0.2, 0) is 9.47 Å². The first-order valence-electron chi connectivity index (χ1n) is 9.75. The lowest BCUT2D eigenvalue weighted by Crippen LogP contribution is -2.49. The third-order valence-corrected chi connectivity index (χ3v) is 6.40. The number of hydrogen-bond acceptors (Lipinski definition) is 5. The molecule has 6 nitrogen and oxygen atoms in total. The van der Waals surface area contributed by atoms with Crippen LogP contribution in [0.1, 0.15) is 33.6 Å². The van der Waals surface area contributed by atoms with Gasteiger partial charge < -0.3 is 20.1 Å². The molecule has 0 aromatic carbocycles. The second-order valence-corrected chi connectivity index (χ2v) is 8.53. The zero-order valence-corrected chi connectivity index (χ0v) is 17.0. The molecule has 2 rings (SSSR count). The maximum atomic E-state index is 5.56. The summed E-state index contributed by atoms with van der Waals surface area (Å²) in [7, 11) is 0. The van der Waals surface area contributed by atoms with E-state index in [4.69, 9.17) is 14.5 Å². The van der Waals surface area contributed by atoms with Crippen LogP contribution in [0.25, 0.3) is 0 Å². The lowest BCUT2D eigenvalue weighted by Gasteiger charge is -2.35. The van der Waals surface area contributed by atoms with E-state index < -0.39 is 0 Å². The molecule has 0 bridgehead atoms.